The lowest BCUT2D eigenvalue weighted by atomic mass is 9.50. The number of carbonyl (C=O) groups excluding carboxylic acids is 2. The van der Waals surface area contributed by atoms with Crippen molar-refractivity contribution in [3.05, 3.63) is 29.1 Å². The predicted octanol–water partition coefficient (Wildman–Crippen LogP) is 5.63. The second-order valence-corrected chi connectivity index (χ2v) is 12.7. The van der Waals surface area contributed by atoms with Crippen molar-refractivity contribution >= 4 is 11.9 Å². The second kappa shape index (κ2) is 9.35. The maximum absolute atomic E-state index is 15.5. The van der Waals surface area contributed by atoms with Gasteiger partial charge >= 0.3 is 12.1 Å². The van der Waals surface area contributed by atoms with Gasteiger partial charge in [-0.25, -0.2) is 9.18 Å². The Balaban J connectivity index is 1.27. The van der Waals surface area contributed by atoms with Crippen LogP contribution in [0.4, 0.5) is 17.6 Å². The lowest BCUT2D eigenvalue weighted by Gasteiger charge is -2.56. The number of benzene rings is 1. The Hall–Kier alpha value is -2.36. The molecule has 214 valence electrons. The highest BCUT2D eigenvalue weighted by molar-refractivity contribution is 5.98. The van der Waals surface area contributed by atoms with Gasteiger partial charge in [-0.05, 0) is 86.7 Å². The summed E-state index contributed by atoms with van der Waals surface area (Å²) in [6.45, 7) is -0.421. The average molecular weight is 554 g/mol. The number of nitrogens with zero attached hydrogens (tertiary/aromatic N) is 1. The summed E-state index contributed by atoms with van der Waals surface area (Å²) in [7, 11) is 1.92. The molecule has 10 heteroatoms. The molecule has 0 aromatic heterocycles. The van der Waals surface area contributed by atoms with Crippen LogP contribution in [-0.4, -0.2) is 62.0 Å². The van der Waals surface area contributed by atoms with Crippen LogP contribution < -0.4 is 4.74 Å². The number of likely N-dealkylation sites (tertiary alicyclic amines) is 1. The Morgan fingerprint density at radius 2 is 1.62 bits per heavy atom. The molecule has 7 rings (SSSR count). The molecule has 1 amide bonds. The molecule has 0 spiro atoms. The second-order valence-electron chi connectivity index (χ2n) is 12.7. The molecule has 39 heavy (non-hydrogen) atoms. The van der Waals surface area contributed by atoms with Crippen LogP contribution in [0.1, 0.15) is 79.6 Å². The molecule has 4 bridgehead atoms. The molecule has 0 N–H and O–H groups in total. The van der Waals surface area contributed by atoms with E-state index in [0.29, 0.717) is 17.9 Å². The van der Waals surface area contributed by atoms with E-state index in [9.17, 15) is 22.8 Å². The molecule has 1 saturated heterocycles. The minimum atomic E-state index is -4.85. The lowest BCUT2D eigenvalue weighted by molar-refractivity contribution is -0.263. The van der Waals surface area contributed by atoms with Gasteiger partial charge in [-0.1, -0.05) is 0 Å². The minimum absolute atomic E-state index is 0.103. The number of esters is 1. The fourth-order valence-corrected chi connectivity index (χ4v) is 8.33. The molecule has 6 aliphatic rings. The van der Waals surface area contributed by atoms with E-state index in [1.54, 1.807) is 0 Å². The van der Waals surface area contributed by atoms with Crippen LogP contribution in [0.15, 0.2) is 12.1 Å². The van der Waals surface area contributed by atoms with Gasteiger partial charge in [0.15, 0.2) is 5.60 Å². The Labute approximate surface area is 225 Å². The summed E-state index contributed by atoms with van der Waals surface area (Å²) >= 11 is 0. The predicted molar refractivity (Wildman–Crippen MR) is 132 cm³/mol. The Kier molecular flexibility index (Phi) is 6.43. The highest BCUT2D eigenvalue weighted by Crippen LogP contribution is 2.60. The molecule has 6 fully saturated rings. The highest BCUT2D eigenvalue weighted by Gasteiger charge is 2.64. The third-order valence-corrected chi connectivity index (χ3v) is 10.0. The van der Waals surface area contributed by atoms with Gasteiger partial charge < -0.3 is 19.1 Å². The van der Waals surface area contributed by atoms with Crippen LogP contribution in [0, 0.1) is 29.0 Å². The van der Waals surface area contributed by atoms with Gasteiger partial charge in [0.05, 0.1) is 25.8 Å². The normalized spacial score (nSPS) is 35.4. The van der Waals surface area contributed by atoms with Crippen molar-refractivity contribution in [2.45, 2.75) is 81.5 Å². The van der Waals surface area contributed by atoms with E-state index >= 15 is 4.39 Å². The summed E-state index contributed by atoms with van der Waals surface area (Å²) in [6.07, 6.45) is 3.39. The van der Waals surface area contributed by atoms with E-state index in [1.807, 2.05) is 0 Å². The molecule has 0 radical (unpaired) electrons. The number of carbonyl (C=O) groups is 2. The van der Waals surface area contributed by atoms with Gasteiger partial charge in [0, 0.05) is 25.0 Å². The topological polar surface area (TPSA) is 65.1 Å². The summed E-state index contributed by atoms with van der Waals surface area (Å²) in [4.78, 5) is 26.7. The Morgan fingerprint density at radius 1 is 1.00 bits per heavy atom. The Bertz CT molecular complexity index is 1130. The zero-order chi connectivity index (χ0) is 27.7. The average Bonchev–Trinajstić information content (AvgIpc) is 3.63. The molecule has 5 saturated carbocycles. The van der Waals surface area contributed by atoms with Crippen molar-refractivity contribution in [1.29, 1.82) is 0 Å². The van der Waals surface area contributed by atoms with Crippen LogP contribution in [0.5, 0.6) is 5.75 Å². The van der Waals surface area contributed by atoms with Crippen LogP contribution in [0.3, 0.4) is 0 Å². The number of ether oxygens (including phenoxy) is 3. The molecule has 1 aromatic rings. The van der Waals surface area contributed by atoms with Crippen LogP contribution in [0.2, 0.25) is 0 Å². The van der Waals surface area contributed by atoms with E-state index in [-0.39, 0.29) is 16.9 Å². The molecular weight excluding hydrogens is 518 g/mol. The Morgan fingerprint density at radius 3 is 2.13 bits per heavy atom. The summed E-state index contributed by atoms with van der Waals surface area (Å²) in [5.74, 6) is -0.127. The summed E-state index contributed by atoms with van der Waals surface area (Å²) in [5.41, 5.74) is -2.31. The van der Waals surface area contributed by atoms with Gasteiger partial charge in [-0.3, -0.25) is 4.79 Å². The molecule has 6 nitrogen and oxygen atoms in total. The first-order valence-corrected chi connectivity index (χ1v) is 13.9. The minimum Gasteiger partial charge on any atom is -0.493 e. The highest BCUT2D eigenvalue weighted by atomic mass is 19.4. The van der Waals surface area contributed by atoms with Gasteiger partial charge in [0.25, 0.3) is 5.91 Å². The van der Waals surface area contributed by atoms with Crippen molar-refractivity contribution in [3.63, 3.8) is 0 Å². The number of amides is 1. The maximum Gasteiger partial charge on any atom is 0.419 e. The SMILES string of the molecule is COC(=O)[C@@H]1CC(OC)(C(F)(F)F)CN1C(=O)c1cc(C2CC2)c(OCC23CC4CC(CC(C4)C2)C3)cc1F. The van der Waals surface area contributed by atoms with Crippen molar-refractivity contribution in [2.24, 2.45) is 23.2 Å². The molecular formula is C29H35F4NO5. The molecule has 1 heterocycles. The third kappa shape index (κ3) is 4.60. The van der Waals surface area contributed by atoms with E-state index in [0.717, 1.165) is 69.0 Å². The van der Waals surface area contributed by atoms with E-state index < -0.39 is 48.5 Å². The first-order valence-electron chi connectivity index (χ1n) is 13.9. The molecule has 2 atom stereocenters. The van der Waals surface area contributed by atoms with Gasteiger partial charge in [-0.2, -0.15) is 13.2 Å². The smallest absolute Gasteiger partial charge is 0.419 e. The standard InChI is InChI=1S/C29H35F4NO5/c1-37-26(36)23-13-28(38-2,29(31,32)33)14-34(23)25(35)21-8-20(19-3-4-19)24(9-22(21)30)39-15-27-10-16-5-17(11-27)7-18(6-16)12-27/h8-9,16-19,23H,3-7,10-15H2,1-2H3/t16?,17?,18?,23-,27?,28?/m0/s1. The number of methoxy groups -OCH3 is 2. The van der Waals surface area contributed by atoms with Gasteiger partial charge in [0.1, 0.15) is 17.6 Å². The van der Waals surface area contributed by atoms with Crippen LogP contribution >= 0.6 is 0 Å². The van der Waals surface area contributed by atoms with E-state index in [1.165, 1.54) is 31.4 Å². The van der Waals surface area contributed by atoms with Crippen LogP contribution in [-0.2, 0) is 14.3 Å². The third-order valence-electron chi connectivity index (χ3n) is 10.0. The molecule has 5 aliphatic carbocycles. The summed E-state index contributed by atoms with van der Waals surface area (Å²) < 4.78 is 73.2. The van der Waals surface area contributed by atoms with Crippen molar-refractivity contribution in [2.75, 3.05) is 27.4 Å². The van der Waals surface area contributed by atoms with Crippen LogP contribution in [0.25, 0.3) is 0 Å². The quantitative estimate of drug-likeness (QED) is 0.323. The zero-order valence-corrected chi connectivity index (χ0v) is 22.3. The fourth-order valence-electron chi connectivity index (χ4n) is 8.33. The van der Waals surface area contributed by atoms with Gasteiger partial charge in [0.2, 0.25) is 0 Å². The van der Waals surface area contributed by atoms with Crippen molar-refractivity contribution < 1.29 is 41.4 Å². The van der Waals surface area contributed by atoms with Gasteiger partial charge in [-0.15, -0.1) is 0 Å². The number of rotatable bonds is 7. The van der Waals surface area contributed by atoms with Crippen molar-refractivity contribution in [3.8, 4) is 5.75 Å². The molecule has 1 unspecified atom stereocenters. The van der Waals surface area contributed by atoms with Crippen molar-refractivity contribution in [1.82, 2.24) is 4.90 Å². The number of halogens is 4. The van der Waals surface area contributed by atoms with E-state index in [4.69, 9.17) is 9.47 Å². The molecule has 1 aromatic carbocycles. The monoisotopic (exact) mass is 553 g/mol. The summed E-state index contributed by atoms with van der Waals surface area (Å²) in [6, 6.07) is 1.07. The first kappa shape index (κ1) is 26.8. The van der Waals surface area contributed by atoms with E-state index in [2.05, 4.69) is 4.74 Å². The number of hydrogen-bond donors (Lipinski definition) is 0. The first-order chi connectivity index (χ1) is 18.5. The lowest BCUT2D eigenvalue weighted by Crippen LogP contribution is -2.49. The number of hydrogen-bond acceptors (Lipinski definition) is 5. The number of alkyl halides is 3. The zero-order valence-electron chi connectivity index (χ0n) is 22.3. The largest absolute Gasteiger partial charge is 0.493 e. The maximum atomic E-state index is 15.5. The summed E-state index contributed by atoms with van der Waals surface area (Å²) in [5, 5.41) is 0. The fraction of sp³-hybridized carbons (Fsp3) is 0.724. The molecule has 1 aliphatic heterocycles.